The van der Waals surface area contributed by atoms with Crippen molar-refractivity contribution in [3.8, 4) is 0 Å². The van der Waals surface area contributed by atoms with Gasteiger partial charge in [-0.05, 0) is 50.3 Å². The molecule has 2 unspecified atom stereocenters. The summed E-state index contributed by atoms with van der Waals surface area (Å²) in [6, 6.07) is 8.53. The van der Waals surface area contributed by atoms with E-state index < -0.39 is 12.0 Å². The molecule has 0 bridgehead atoms. The van der Waals surface area contributed by atoms with Crippen molar-refractivity contribution >= 4 is 49.9 Å². The van der Waals surface area contributed by atoms with Gasteiger partial charge in [0.2, 0.25) is 5.91 Å². The second-order valence-corrected chi connectivity index (χ2v) is 8.38. The summed E-state index contributed by atoms with van der Waals surface area (Å²) < 4.78 is 0.822. The highest BCUT2D eigenvalue weighted by atomic mass is 79.9. The number of thiophene rings is 1. The Labute approximate surface area is 163 Å². The predicted octanol–water partition coefficient (Wildman–Crippen LogP) is 4.18. The molecule has 5 nitrogen and oxygen atoms in total. The van der Waals surface area contributed by atoms with Crippen molar-refractivity contribution in [2.45, 2.75) is 19.4 Å². The third-order valence-electron chi connectivity index (χ3n) is 4.18. The first-order valence-corrected chi connectivity index (χ1v) is 9.71. The van der Waals surface area contributed by atoms with Gasteiger partial charge in [-0.25, -0.2) is 4.79 Å². The molecular formula is C19H17BrN2O3S. The third-order valence-corrected chi connectivity index (χ3v) is 5.70. The van der Waals surface area contributed by atoms with E-state index in [0.717, 1.165) is 20.1 Å². The second kappa shape index (κ2) is 7.97. The third kappa shape index (κ3) is 4.11. The van der Waals surface area contributed by atoms with Crippen molar-refractivity contribution < 1.29 is 14.7 Å². The largest absolute Gasteiger partial charge is 0.479 e. The van der Waals surface area contributed by atoms with E-state index >= 15 is 0 Å². The van der Waals surface area contributed by atoms with Crippen LogP contribution in [-0.2, 0) is 16.0 Å². The Morgan fingerprint density at radius 1 is 1.31 bits per heavy atom. The van der Waals surface area contributed by atoms with Crippen LogP contribution in [0.1, 0.15) is 24.1 Å². The SMILES string of the molecule is CC(Cc1cncc2ccccc12)C(=O)NC(C(=O)O)c1csc(Br)c1. The zero-order valence-corrected chi connectivity index (χ0v) is 16.4. The summed E-state index contributed by atoms with van der Waals surface area (Å²) in [5, 5.41) is 15.9. The maximum absolute atomic E-state index is 12.6. The van der Waals surface area contributed by atoms with Crippen LogP contribution >= 0.6 is 27.3 Å². The Bertz CT molecular complexity index is 951. The number of aliphatic carboxylic acids is 1. The van der Waals surface area contributed by atoms with Crippen LogP contribution in [0.25, 0.3) is 10.8 Å². The first-order chi connectivity index (χ1) is 12.5. The lowest BCUT2D eigenvalue weighted by Crippen LogP contribution is -2.37. The van der Waals surface area contributed by atoms with Crippen molar-refractivity contribution in [2.24, 2.45) is 5.92 Å². The molecule has 0 spiro atoms. The number of fused-ring (bicyclic) bond motifs is 1. The number of hydrogen-bond acceptors (Lipinski definition) is 4. The van der Waals surface area contributed by atoms with Gasteiger partial charge in [-0.1, -0.05) is 31.2 Å². The summed E-state index contributed by atoms with van der Waals surface area (Å²) in [5.41, 5.74) is 1.53. The number of rotatable bonds is 6. The van der Waals surface area contributed by atoms with Gasteiger partial charge >= 0.3 is 5.97 Å². The van der Waals surface area contributed by atoms with E-state index in [-0.39, 0.29) is 11.8 Å². The molecule has 0 saturated heterocycles. The number of amides is 1. The predicted molar refractivity (Wildman–Crippen MR) is 105 cm³/mol. The van der Waals surface area contributed by atoms with Gasteiger partial charge in [0.25, 0.3) is 0 Å². The molecule has 2 atom stereocenters. The average molecular weight is 433 g/mol. The van der Waals surface area contributed by atoms with E-state index in [1.807, 2.05) is 24.3 Å². The number of hydrogen-bond donors (Lipinski definition) is 2. The molecular weight excluding hydrogens is 416 g/mol. The highest BCUT2D eigenvalue weighted by molar-refractivity contribution is 9.11. The number of nitrogens with one attached hydrogen (secondary N) is 1. The van der Waals surface area contributed by atoms with Crippen molar-refractivity contribution in [1.82, 2.24) is 10.3 Å². The molecule has 26 heavy (non-hydrogen) atoms. The highest BCUT2D eigenvalue weighted by Gasteiger charge is 2.25. The Morgan fingerprint density at radius 3 is 2.77 bits per heavy atom. The maximum atomic E-state index is 12.6. The average Bonchev–Trinajstić information content (AvgIpc) is 3.05. The molecule has 3 aromatic rings. The number of pyridine rings is 1. The van der Waals surface area contributed by atoms with E-state index in [9.17, 15) is 14.7 Å². The van der Waals surface area contributed by atoms with Gasteiger partial charge in [-0.15, -0.1) is 11.3 Å². The van der Waals surface area contributed by atoms with Crippen molar-refractivity contribution in [2.75, 3.05) is 0 Å². The molecule has 0 aliphatic heterocycles. The molecule has 2 aromatic heterocycles. The lowest BCUT2D eigenvalue weighted by atomic mass is 9.97. The van der Waals surface area contributed by atoms with Crippen molar-refractivity contribution in [1.29, 1.82) is 0 Å². The molecule has 0 aliphatic rings. The topological polar surface area (TPSA) is 79.3 Å². The minimum absolute atomic E-state index is 0.298. The molecule has 1 aromatic carbocycles. The summed E-state index contributed by atoms with van der Waals surface area (Å²) in [6.07, 6.45) is 4.04. The zero-order valence-electron chi connectivity index (χ0n) is 14.0. The Balaban J connectivity index is 1.75. The van der Waals surface area contributed by atoms with Crippen molar-refractivity contribution in [3.63, 3.8) is 0 Å². The molecule has 3 rings (SSSR count). The Hall–Kier alpha value is -2.25. The van der Waals surface area contributed by atoms with E-state index in [4.69, 9.17) is 0 Å². The number of aromatic nitrogens is 1. The van der Waals surface area contributed by atoms with Gasteiger partial charge < -0.3 is 10.4 Å². The number of nitrogens with zero attached hydrogens (tertiary/aromatic N) is 1. The van der Waals surface area contributed by atoms with Gasteiger partial charge in [0.1, 0.15) is 0 Å². The Kier molecular flexibility index (Phi) is 5.68. The number of carbonyl (C=O) groups excluding carboxylic acids is 1. The van der Waals surface area contributed by atoms with E-state index in [1.54, 1.807) is 30.8 Å². The van der Waals surface area contributed by atoms with Gasteiger partial charge in [-0.2, -0.15) is 0 Å². The van der Waals surface area contributed by atoms with Crippen LogP contribution in [0.2, 0.25) is 0 Å². The minimum atomic E-state index is -1.08. The van der Waals surface area contributed by atoms with Gasteiger partial charge in [-0.3, -0.25) is 9.78 Å². The number of carboxylic acids is 1. The van der Waals surface area contributed by atoms with Crippen LogP contribution < -0.4 is 5.32 Å². The molecule has 2 heterocycles. The molecule has 7 heteroatoms. The first kappa shape index (κ1) is 18.5. The van der Waals surface area contributed by atoms with Gasteiger partial charge in [0, 0.05) is 23.7 Å². The summed E-state index contributed by atoms with van der Waals surface area (Å²) in [5.74, 6) is -1.76. The van der Waals surface area contributed by atoms with E-state index in [2.05, 4.69) is 26.2 Å². The molecule has 0 radical (unpaired) electrons. The lowest BCUT2D eigenvalue weighted by molar-refractivity contribution is -0.142. The lowest BCUT2D eigenvalue weighted by Gasteiger charge is -2.18. The van der Waals surface area contributed by atoms with Crippen LogP contribution in [0.4, 0.5) is 0 Å². The van der Waals surface area contributed by atoms with Crippen LogP contribution in [-0.4, -0.2) is 22.0 Å². The molecule has 0 saturated carbocycles. The number of benzene rings is 1. The van der Waals surface area contributed by atoms with Crippen molar-refractivity contribution in [3.05, 3.63) is 63.0 Å². The van der Waals surface area contributed by atoms with Crippen LogP contribution in [0.3, 0.4) is 0 Å². The standard InChI is InChI=1S/C19H17BrN2O3S/c1-11(6-13-9-21-8-12-4-2-3-5-15(12)13)18(23)22-17(19(24)25)14-7-16(20)26-10-14/h2-5,7-11,17H,6H2,1H3,(H,22,23)(H,24,25). The summed E-state index contributed by atoms with van der Waals surface area (Å²) in [7, 11) is 0. The molecule has 134 valence electrons. The number of carboxylic acid groups (broad SMARTS) is 1. The summed E-state index contributed by atoms with van der Waals surface area (Å²) >= 11 is 4.70. The minimum Gasteiger partial charge on any atom is -0.479 e. The zero-order chi connectivity index (χ0) is 18.7. The Morgan fingerprint density at radius 2 is 2.08 bits per heavy atom. The fourth-order valence-corrected chi connectivity index (χ4v) is 4.01. The monoisotopic (exact) mass is 432 g/mol. The highest BCUT2D eigenvalue weighted by Crippen LogP contribution is 2.26. The van der Waals surface area contributed by atoms with Gasteiger partial charge in [0.05, 0.1) is 3.79 Å². The molecule has 0 aliphatic carbocycles. The quantitative estimate of drug-likeness (QED) is 0.612. The summed E-state index contributed by atoms with van der Waals surface area (Å²) in [6.45, 7) is 1.79. The van der Waals surface area contributed by atoms with Gasteiger partial charge in [0.15, 0.2) is 6.04 Å². The second-order valence-electron chi connectivity index (χ2n) is 6.09. The van der Waals surface area contributed by atoms with E-state index in [1.165, 1.54) is 11.3 Å². The summed E-state index contributed by atoms with van der Waals surface area (Å²) in [4.78, 5) is 28.4. The molecule has 0 fully saturated rings. The fourth-order valence-electron chi connectivity index (χ4n) is 2.81. The van der Waals surface area contributed by atoms with E-state index in [0.29, 0.717) is 12.0 Å². The first-order valence-electron chi connectivity index (χ1n) is 8.04. The molecule has 1 amide bonds. The number of carbonyl (C=O) groups is 2. The maximum Gasteiger partial charge on any atom is 0.330 e. The smallest absolute Gasteiger partial charge is 0.330 e. The molecule has 2 N–H and O–H groups in total. The fraction of sp³-hybridized carbons (Fsp3) is 0.211. The number of halogens is 1. The van der Waals surface area contributed by atoms with Crippen LogP contribution in [0, 0.1) is 5.92 Å². The van der Waals surface area contributed by atoms with Crippen LogP contribution in [0.15, 0.2) is 51.9 Å². The van der Waals surface area contributed by atoms with Crippen LogP contribution in [0.5, 0.6) is 0 Å². The normalized spacial score (nSPS) is 13.3.